The van der Waals surface area contributed by atoms with Crippen LogP contribution in [0.5, 0.6) is 0 Å². The maximum Gasteiger partial charge on any atom is 0.409 e. The smallest absolute Gasteiger partial charge is 0.409 e. The first-order chi connectivity index (χ1) is 39.1. The quantitative estimate of drug-likeness (QED) is 0.0491. The highest BCUT2D eigenvalue weighted by atomic mass is 16.6. The lowest BCUT2D eigenvalue weighted by molar-refractivity contribution is -0.133. The molecule has 0 aromatic heterocycles. The first-order valence-electron chi connectivity index (χ1n) is 29.8. The van der Waals surface area contributed by atoms with Gasteiger partial charge in [0.15, 0.2) is 0 Å². The first-order valence-corrected chi connectivity index (χ1v) is 29.8. The van der Waals surface area contributed by atoms with Crippen LogP contribution in [0.4, 0.5) is 4.79 Å². The van der Waals surface area contributed by atoms with E-state index in [9.17, 15) is 28.8 Å². The van der Waals surface area contributed by atoms with Crippen LogP contribution in [-0.4, -0.2) is 115 Å². The molecule has 2 aliphatic heterocycles. The highest BCUT2D eigenvalue weighted by Gasteiger charge is 2.49. The number of likely N-dealkylation sites (tertiary alicyclic amines) is 2. The van der Waals surface area contributed by atoms with Crippen LogP contribution in [0.1, 0.15) is 158 Å². The largest absolute Gasteiger partial charge is 0.448 e. The molecule has 0 spiro atoms. The molecular weight excluding hydrogens is 1000 g/mol. The molecule has 13 heteroatoms. The average Bonchev–Trinajstić information content (AvgIpc) is 4.31. The molecule has 420 valence electrons. The monoisotopic (exact) mass is 1080 g/mol. The van der Waals surface area contributed by atoms with Crippen molar-refractivity contribution in [2.75, 3.05) is 46.4 Å². The Morgan fingerprint density at radius 1 is 0.500 bits per heavy atom. The second-order valence-corrected chi connectivity index (χ2v) is 23.2. The number of ether oxygens (including phenoxy) is 1. The zero-order chi connectivity index (χ0) is 55.5. The molecule has 5 aromatic rings. The van der Waals surface area contributed by atoms with Gasteiger partial charge in [0, 0.05) is 80.7 Å². The van der Waals surface area contributed by atoms with E-state index in [2.05, 4.69) is 71.4 Å². The number of carbonyl (C=O) groups excluding carboxylic acids is 6. The maximum absolute atomic E-state index is 14.4. The summed E-state index contributed by atoms with van der Waals surface area (Å²) in [4.78, 5) is 89.8. The van der Waals surface area contributed by atoms with Crippen LogP contribution in [0, 0.1) is 17.8 Å². The number of amides is 6. The SMILES string of the molecule is CCCCCCCCCCCCCCNC(=O)[C@@H]1CN(C(=O)c2ccc(C(=O)N3C[C@@H](C(=O)N[C@H]4C[C@@H]4c4ccccc4)[C@H](C(=O)N[C@H]4C[C@@H]4c4ccccc4)C3)cc2)C[C@H]1N(C)C(=O)OCC1c2ccccc2-c2ccccc21. The van der Waals surface area contributed by atoms with Gasteiger partial charge in [-0.25, -0.2) is 4.79 Å². The summed E-state index contributed by atoms with van der Waals surface area (Å²) in [7, 11) is 1.64. The number of hydrogen-bond acceptors (Lipinski definition) is 7. The molecule has 8 atom stereocenters. The number of hydrogen-bond donors (Lipinski definition) is 3. The molecule has 5 aliphatic rings. The Kier molecular flexibility index (Phi) is 18.4. The molecule has 0 unspecified atom stereocenters. The minimum absolute atomic E-state index is 0.0396. The predicted molar refractivity (Wildman–Crippen MR) is 311 cm³/mol. The van der Waals surface area contributed by atoms with Crippen LogP contribution in [-0.2, 0) is 19.1 Å². The van der Waals surface area contributed by atoms with E-state index in [-0.39, 0.29) is 92.2 Å². The van der Waals surface area contributed by atoms with Crippen molar-refractivity contribution in [3.8, 4) is 11.1 Å². The summed E-state index contributed by atoms with van der Waals surface area (Å²) in [6.07, 6.45) is 15.6. The highest BCUT2D eigenvalue weighted by molar-refractivity contribution is 6.00. The Balaban J connectivity index is 0.773. The third kappa shape index (κ3) is 13.3. The molecule has 2 heterocycles. The van der Waals surface area contributed by atoms with E-state index in [1.165, 1.54) is 62.7 Å². The van der Waals surface area contributed by atoms with Crippen molar-refractivity contribution in [2.45, 2.75) is 133 Å². The van der Waals surface area contributed by atoms with E-state index in [0.717, 1.165) is 65.5 Å². The van der Waals surface area contributed by atoms with Crippen molar-refractivity contribution < 1.29 is 33.5 Å². The minimum atomic E-state index is -0.741. The summed E-state index contributed by atoms with van der Waals surface area (Å²) < 4.78 is 6.07. The molecule has 2 saturated heterocycles. The van der Waals surface area contributed by atoms with E-state index in [0.29, 0.717) is 17.7 Å². The van der Waals surface area contributed by atoms with Crippen molar-refractivity contribution in [3.63, 3.8) is 0 Å². The van der Waals surface area contributed by atoms with Gasteiger partial charge in [-0.2, -0.15) is 0 Å². The Morgan fingerprint density at radius 2 is 0.925 bits per heavy atom. The molecular formula is C67H80N6O7. The standard InChI is InChI=1S/C67H80N6O7/c1-3-4-5-6-7-8-9-10-11-12-13-24-37-68-62(74)57-42-73(43-61(57)71(2)67(79)80-44-58-51-31-22-20-29-49(51)50-30-21-23-32-52(50)58)66(78)48-35-33-47(34-36-48)65(77)72-40-55(63(75)69-59-38-53(59)45-25-16-14-17-26-45)56(41-72)64(76)70-60-39-54(60)46-27-18-15-19-28-46/h14-23,25-36,53-61H,3-13,24,37-44H2,1-2H3,(H,68,74)(H,69,75)(H,70,76)/t53-,54-,55-,56-,57-,59+,60+,61-/m1/s1. The summed E-state index contributed by atoms with van der Waals surface area (Å²) in [5, 5.41) is 9.55. The van der Waals surface area contributed by atoms with E-state index < -0.39 is 29.9 Å². The van der Waals surface area contributed by atoms with Crippen LogP contribution < -0.4 is 16.0 Å². The molecule has 0 radical (unpaired) electrons. The number of likely N-dealkylation sites (N-methyl/N-ethyl adjacent to an activating group) is 1. The average molecular weight is 1080 g/mol. The highest BCUT2D eigenvalue weighted by Crippen LogP contribution is 2.45. The number of unbranched alkanes of at least 4 members (excludes halogenated alkanes) is 11. The molecule has 2 saturated carbocycles. The van der Waals surface area contributed by atoms with Crippen LogP contribution in [0.3, 0.4) is 0 Å². The molecule has 3 N–H and O–H groups in total. The van der Waals surface area contributed by atoms with E-state index in [1.807, 2.05) is 60.7 Å². The Hall–Kier alpha value is -7.28. The first kappa shape index (κ1) is 56.0. The third-order valence-corrected chi connectivity index (χ3v) is 17.7. The second-order valence-electron chi connectivity index (χ2n) is 23.2. The number of nitrogens with one attached hydrogen (secondary N) is 3. The van der Waals surface area contributed by atoms with Gasteiger partial charge >= 0.3 is 6.09 Å². The summed E-state index contributed by atoms with van der Waals surface area (Å²) >= 11 is 0. The Labute approximate surface area is 472 Å². The lowest BCUT2D eigenvalue weighted by Gasteiger charge is -2.28. The lowest BCUT2D eigenvalue weighted by Crippen LogP contribution is -2.47. The molecule has 80 heavy (non-hydrogen) atoms. The number of rotatable bonds is 25. The van der Waals surface area contributed by atoms with Crippen molar-refractivity contribution in [1.82, 2.24) is 30.7 Å². The van der Waals surface area contributed by atoms with Crippen LogP contribution in [0.15, 0.2) is 133 Å². The number of fused-ring (bicyclic) bond motifs is 3. The number of benzene rings is 5. The van der Waals surface area contributed by atoms with Gasteiger partial charge in [0.1, 0.15) is 6.61 Å². The molecule has 4 fully saturated rings. The van der Waals surface area contributed by atoms with Crippen LogP contribution in [0.2, 0.25) is 0 Å². The normalized spacial score (nSPS) is 22.5. The fourth-order valence-electron chi connectivity index (χ4n) is 12.8. The van der Waals surface area contributed by atoms with Gasteiger partial charge < -0.3 is 35.4 Å². The van der Waals surface area contributed by atoms with Gasteiger partial charge in [-0.15, -0.1) is 0 Å². The predicted octanol–water partition coefficient (Wildman–Crippen LogP) is 10.9. The summed E-state index contributed by atoms with van der Waals surface area (Å²) in [6.45, 7) is 3.24. The zero-order valence-corrected chi connectivity index (χ0v) is 46.7. The van der Waals surface area contributed by atoms with Gasteiger partial charge in [0.05, 0.1) is 23.8 Å². The van der Waals surface area contributed by atoms with Gasteiger partial charge in [0.25, 0.3) is 11.8 Å². The van der Waals surface area contributed by atoms with Crippen LogP contribution in [0.25, 0.3) is 11.1 Å². The summed E-state index contributed by atoms with van der Waals surface area (Å²) in [5.41, 5.74) is 7.42. The van der Waals surface area contributed by atoms with Crippen molar-refractivity contribution in [2.24, 2.45) is 17.8 Å². The molecule has 5 aromatic carbocycles. The van der Waals surface area contributed by atoms with Crippen molar-refractivity contribution in [1.29, 1.82) is 0 Å². The maximum atomic E-state index is 14.4. The van der Waals surface area contributed by atoms with Gasteiger partial charge in [-0.1, -0.05) is 187 Å². The Bertz CT molecular complexity index is 2830. The van der Waals surface area contributed by atoms with E-state index >= 15 is 0 Å². The van der Waals surface area contributed by atoms with E-state index in [4.69, 9.17) is 4.74 Å². The third-order valence-electron chi connectivity index (χ3n) is 17.7. The number of carbonyl (C=O) groups is 6. The van der Waals surface area contributed by atoms with Crippen molar-refractivity contribution in [3.05, 3.63) is 167 Å². The van der Waals surface area contributed by atoms with Gasteiger partial charge in [-0.3, -0.25) is 24.0 Å². The topological polar surface area (TPSA) is 157 Å². The second kappa shape index (κ2) is 26.3. The summed E-state index contributed by atoms with van der Waals surface area (Å²) in [5.74, 6) is -3.26. The van der Waals surface area contributed by atoms with Crippen molar-refractivity contribution >= 4 is 35.6 Å². The minimum Gasteiger partial charge on any atom is -0.448 e. The molecule has 6 amide bonds. The molecule has 13 nitrogen and oxygen atoms in total. The molecule has 10 rings (SSSR count). The Morgan fingerprint density at radius 3 is 1.41 bits per heavy atom. The van der Waals surface area contributed by atoms with Crippen LogP contribution >= 0.6 is 0 Å². The zero-order valence-electron chi connectivity index (χ0n) is 46.7. The fourth-order valence-corrected chi connectivity index (χ4v) is 12.8. The van der Waals surface area contributed by atoms with Gasteiger partial charge in [-0.05, 0) is 76.9 Å². The molecule has 3 aliphatic carbocycles. The molecule has 0 bridgehead atoms. The van der Waals surface area contributed by atoms with E-state index in [1.54, 1.807) is 41.1 Å². The summed E-state index contributed by atoms with van der Waals surface area (Å²) in [6, 6.07) is 42.2. The van der Waals surface area contributed by atoms with Gasteiger partial charge in [0.2, 0.25) is 17.7 Å². The number of nitrogens with zero attached hydrogens (tertiary/aromatic N) is 3. The fraction of sp³-hybridized carbons (Fsp3) is 0.463. The lowest BCUT2D eigenvalue weighted by atomic mass is 9.94.